The summed E-state index contributed by atoms with van der Waals surface area (Å²) < 4.78 is 5.09. The van der Waals surface area contributed by atoms with Gasteiger partial charge in [-0.15, -0.1) is 0 Å². The van der Waals surface area contributed by atoms with E-state index in [9.17, 15) is 4.79 Å². The van der Waals surface area contributed by atoms with Crippen molar-refractivity contribution in [2.75, 3.05) is 19.0 Å². The lowest BCUT2D eigenvalue weighted by atomic mass is 10.0. The molecule has 0 aliphatic heterocycles. The number of para-hydroxylation sites is 1. The van der Waals surface area contributed by atoms with Crippen LogP contribution in [0.2, 0.25) is 0 Å². The zero-order chi connectivity index (χ0) is 16.7. The average molecular weight is 312 g/mol. The maximum atomic E-state index is 12.4. The van der Waals surface area contributed by atoms with Gasteiger partial charge in [-0.1, -0.05) is 48.5 Å². The Bertz CT molecular complexity index is 628. The van der Waals surface area contributed by atoms with Gasteiger partial charge in [0.2, 0.25) is 5.91 Å². The maximum absolute atomic E-state index is 12.4. The summed E-state index contributed by atoms with van der Waals surface area (Å²) in [5, 5.41) is 6.24. The molecule has 0 radical (unpaired) electrons. The Kier molecular flexibility index (Phi) is 6.32. The number of methoxy groups -OCH3 is 1. The first-order chi connectivity index (χ1) is 11.1. The van der Waals surface area contributed by atoms with E-state index in [4.69, 9.17) is 4.74 Å². The predicted octanol–water partition coefficient (Wildman–Crippen LogP) is 3.31. The summed E-state index contributed by atoms with van der Waals surface area (Å²) in [5.41, 5.74) is 2.91. The minimum Gasteiger partial charge on any atom is -0.383 e. The fraction of sp³-hybridized carbons (Fsp3) is 0.316. The summed E-state index contributed by atoms with van der Waals surface area (Å²) in [6.07, 6.45) is 0. The summed E-state index contributed by atoms with van der Waals surface area (Å²) in [4.78, 5) is 12.4. The molecule has 2 N–H and O–H groups in total. The van der Waals surface area contributed by atoms with Crippen molar-refractivity contribution in [1.82, 2.24) is 5.32 Å². The third-order valence-corrected chi connectivity index (χ3v) is 3.61. The largest absolute Gasteiger partial charge is 0.383 e. The van der Waals surface area contributed by atoms with Gasteiger partial charge in [0.25, 0.3) is 0 Å². The van der Waals surface area contributed by atoms with E-state index in [-0.39, 0.29) is 18.0 Å². The van der Waals surface area contributed by atoms with Gasteiger partial charge in [-0.3, -0.25) is 4.79 Å². The molecule has 4 heteroatoms. The molecule has 2 aromatic carbocycles. The molecule has 0 spiro atoms. The highest BCUT2D eigenvalue weighted by atomic mass is 16.5. The van der Waals surface area contributed by atoms with Crippen LogP contribution >= 0.6 is 0 Å². The molecular formula is C19H24N2O2. The van der Waals surface area contributed by atoms with Crippen LogP contribution in [0.5, 0.6) is 0 Å². The van der Waals surface area contributed by atoms with E-state index in [0.29, 0.717) is 6.61 Å². The van der Waals surface area contributed by atoms with Crippen molar-refractivity contribution in [3.8, 4) is 11.1 Å². The monoisotopic (exact) mass is 312 g/mol. The smallest absolute Gasteiger partial charge is 0.241 e. The lowest BCUT2D eigenvalue weighted by Crippen LogP contribution is -2.44. The minimum atomic E-state index is -0.302. The second kappa shape index (κ2) is 8.46. The van der Waals surface area contributed by atoms with Gasteiger partial charge in [0.05, 0.1) is 12.6 Å². The van der Waals surface area contributed by atoms with Crippen LogP contribution in [0.15, 0.2) is 54.6 Å². The SMILES string of the molecule is COC[C@@H](C)N[C@@H](C)C(=O)Nc1ccccc1-c1ccccc1. The fourth-order valence-electron chi connectivity index (χ4n) is 2.50. The molecule has 0 bridgehead atoms. The summed E-state index contributed by atoms with van der Waals surface area (Å²) in [6.45, 7) is 4.41. The van der Waals surface area contributed by atoms with Crippen LogP contribution in [0.1, 0.15) is 13.8 Å². The molecule has 2 aromatic rings. The Labute approximate surface area is 137 Å². The van der Waals surface area contributed by atoms with E-state index >= 15 is 0 Å². The minimum absolute atomic E-state index is 0.0589. The molecule has 0 heterocycles. The highest BCUT2D eigenvalue weighted by molar-refractivity contribution is 5.98. The second-order valence-corrected chi connectivity index (χ2v) is 5.65. The maximum Gasteiger partial charge on any atom is 0.241 e. The van der Waals surface area contributed by atoms with Crippen LogP contribution in [-0.2, 0) is 9.53 Å². The number of hydrogen-bond acceptors (Lipinski definition) is 3. The molecule has 0 aliphatic carbocycles. The molecular weight excluding hydrogens is 288 g/mol. The number of carbonyl (C=O) groups excluding carboxylic acids is 1. The highest BCUT2D eigenvalue weighted by Crippen LogP contribution is 2.27. The van der Waals surface area contributed by atoms with E-state index in [1.54, 1.807) is 7.11 Å². The number of nitrogens with one attached hydrogen (secondary N) is 2. The number of benzene rings is 2. The molecule has 1 amide bonds. The average Bonchev–Trinajstić information content (AvgIpc) is 2.56. The molecule has 2 atom stereocenters. The number of ether oxygens (including phenoxy) is 1. The number of carbonyl (C=O) groups is 1. The number of anilines is 1. The summed E-state index contributed by atoms with van der Waals surface area (Å²) in [6, 6.07) is 17.7. The Morgan fingerprint density at radius 1 is 1.04 bits per heavy atom. The van der Waals surface area contributed by atoms with Crippen LogP contribution in [0.4, 0.5) is 5.69 Å². The number of hydrogen-bond donors (Lipinski definition) is 2. The standard InChI is InChI=1S/C19H24N2O2/c1-14(13-23-3)20-15(2)19(22)21-18-12-8-7-11-17(18)16-9-5-4-6-10-16/h4-12,14-15,20H,13H2,1-3H3,(H,21,22)/t14-,15+/m1/s1. The quantitative estimate of drug-likeness (QED) is 0.825. The van der Waals surface area contributed by atoms with Crippen LogP contribution in [0.25, 0.3) is 11.1 Å². The van der Waals surface area contributed by atoms with E-state index in [2.05, 4.69) is 10.6 Å². The first-order valence-corrected chi connectivity index (χ1v) is 7.82. The first-order valence-electron chi connectivity index (χ1n) is 7.82. The Hall–Kier alpha value is -2.17. The molecule has 23 heavy (non-hydrogen) atoms. The molecule has 4 nitrogen and oxygen atoms in total. The van der Waals surface area contributed by atoms with Crippen LogP contribution in [0.3, 0.4) is 0 Å². The Morgan fingerprint density at radius 3 is 2.39 bits per heavy atom. The van der Waals surface area contributed by atoms with Gasteiger partial charge in [0, 0.05) is 24.4 Å². The topological polar surface area (TPSA) is 50.4 Å². The normalized spacial score (nSPS) is 13.3. The molecule has 0 fully saturated rings. The molecule has 0 aliphatic rings. The predicted molar refractivity (Wildman–Crippen MR) is 94.4 cm³/mol. The third kappa shape index (κ3) is 4.91. The highest BCUT2D eigenvalue weighted by Gasteiger charge is 2.16. The molecule has 122 valence electrons. The number of amides is 1. The molecule has 0 aromatic heterocycles. The molecule has 0 saturated carbocycles. The van der Waals surface area contributed by atoms with Gasteiger partial charge in [-0.05, 0) is 25.5 Å². The Morgan fingerprint density at radius 2 is 1.70 bits per heavy atom. The first kappa shape index (κ1) is 17.2. The van der Waals surface area contributed by atoms with Crippen molar-refractivity contribution in [3.63, 3.8) is 0 Å². The van der Waals surface area contributed by atoms with Crippen molar-refractivity contribution in [2.45, 2.75) is 25.9 Å². The summed E-state index contributed by atoms with van der Waals surface area (Å²) in [5.74, 6) is -0.0589. The van der Waals surface area contributed by atoms with E-state index in [1.165, 1.54) is 0 Å². The lowest BCUT2D eigenvalue weighted by molar-refractivity contribution is -0.118. The van der Waals surface area contributed by atoms with Gasteiger partial charge in [0.1, 0.15) is 0 Å². The molecule has 0 unspecified atom stereocenters. The van der Waals surface area contributed by atoms with Crippen LogP contribution in [0, 0.1) is 0 Å². The number of rotatable bonds is 7. The van der Waals surface area contributed by atoms with E-state index < -0.39 is 0 Å². The second-order valence-electron chi connectivity index (χ2n) is 5.65. The van der Waals surface area contributed by atoms with Crippen LogP contribution in [-0.4, -0.2) is 31.7 Å². The van der Waals surface area contributed by atoms with Gasteiger partial charge >= 0.3 is 0 Å². The zero-order valence-electron chi connectivity index (χ0n) is 13.9. The van der Waals surface area contributed by atoms with Crippen LogP contribution < -0.4 is 10.6 Å². The molecule has 0 saturated heterocycles. The van der Waals surface area contributed by atoms with Gasteiger partial charge in [-0.2, -0.15) is 0 Å². The third-order valence-electron chi connectivity index (χ3n) is 3.61. The van der Waals surface area contributed by atoms with E-state index in [0.717, 1.165) is 16.8 Å². The van der Waals surface area contributed by atoms with Crippen molar-refractivity contribution in [3.05, 3.63) is 54.6 Å². The fourth-order valence-corrected chi connectivity index (χ4v) is 2.50. The van der Waals surface area contributed by atoms with Gasteiger partial charge in [-0.25, -0.2) is 0 Å². The zero-order valence-corrected chi connectivity index (χ0v) is 13.9. The van der Waals surface area contributed by atoms with Crippen molar-refractivity contribution >= 4 is 11.6 Å². The van der Waals surface area contributed by atoms with Gasteiger partial charge < -0.3 is 15.4 Å². The van der Waals surface area contributed by atoms with E-state index in [1.807, 2.05) is 68.4 Å². The molecule has 2 rings (SSSR count). The van der Waals surface area contributed by atoms with Crippen molar-refractivity contribution in [1.29, 1.82) is 0 Å². The van der Waals surface area contributed by atoms with Gasteiger partial charge in [0.15, 0.2) is 0 Å². The van der Waals surface area contributed by atoms with Crippen molar-refractivity contribution < 1.29 is 9.53 Å². The lowest BCUT2D eigenvalue weighted by Gasteiger charge is -2.20. The Balaban J connectivity index is 2.10. The summed E-state index contributed by atoms with van der Waals surface area (Å²) >= 11 is 0. The summed E-state index contributed by atoms with van der Waals surface area (Å²) in [7, 11) is 1.65. The van der Waals surface area contributed by atoms with Crippen molar-refractivity contribution in [2.24, 2.45) is 0 Å².